The van der Waals surface area contributed by atoms with E-state index in [-0.39, 0.29) is 28.6 Å². The van der Waals surface area contributed by atoms with Crippen molar-refractivity contribution in [2.24, 2.45) is 0 Å². The summed E-state index contributed by atoms with van der Waals surface area (Å²) >= 11 is 6.14. The van der Waals surface area contributed by atoms with Gasteiger partial charge in [-0.3, -0.25) is 4.79 Å². The SMILES string of the molecule is Cc1ccc(NC(=O)c2ccc(Cl)c(S(=O)(=O)N3CCOCC3)c2)c(C)c1. The molecular formula is C19H21ClN2O4S. The van der Waals surface area contributed by atoms with E-state index in [0.717, 1.165) is 11.1 Å². The lowest BCUT2D eigenvalue weighted by molar-refractivity contribution is 0.0730. The monoisotopic (exact) mass is 408 g/mol. The Kier molecular flexibility index (Phi) is 5.86. The number of amides is 1. The molecule has 0 aliphatic carbocycles. The number of nitrogens with one attached hydrogen (secondary N) is 1. The molecule has 0 bridgehead atoms. The van der Waals surface area contributed by atoms with Gasteiger partial charge in [-0.2, -0.15) is 4.31 Å². The summed E-state index contributed by atoms with van der Waals surface area (Å²) in [6, 6.07) is 9.96. The minimum atomic E-state index is -3.79. The molecule has 6 nitrogen and oxygen atoms in total. The summed E-state index contributed by atoms with van der Waals surface area (Å²) in [7, 11) is -3.79. The first-order valence-electron chi connectivity index (χ1n) is 8.55. The van der Waals surface area contributed by atoms with Crippen molar-refractivity contribution < 1.29 is 17.9 Å². The van der Waals surface area contributed by atoms with Crippen molar-refractivity contribution in [2.45, 2.75) is 18.7 Å². The number of nitrogens with zero attached hydrogens (tertiary/aromatic N) is 1. The third-order valence-electron chi connectivity index (χ3n) is 4.41. The first-order valence-corrected chi connectivity index (χ1v) is 10.4. The predicted octanol–water partition coefficient (Wildman–Crippen LogP) is 3.23. The van der Waals surface area contributed by atoms with Crippen LogP contribution in [0.1, 0.15) is 21.5 Å². The zero-order valence-electron chi connectivity index (χ0n) is 15.2. The number of ether oxygens (including phenoxy) is 1. The highest BCUT2D eigenvalue weighted by atomic mass is 35.5. The van der Waals surface area contributed by atoms with Crippen LogP contribution in [0.5, 0.6) is 0 Å². The highest BCUT2D eigenvalue weighted by molar-refractivity contribution is 7.89. The number of benzene rings is 2. The average Bonchev–Trinajstić information content (AvgIpc) is 2.65. The Hall–Kier alpha value is -1.93. The van der Waals surface area contributed by atoms with Crippen molar-refractivity contribution in [1.82, 2.24) is 4.31 Å². The third-order valence-corrected chi connectivity index (χ3v) is 6.79. The van der Waals surface area contributed by atoms with E-state index in [4.69, 9.17) is 16.3 Å². The fourth-order valence-corrected chi connectivity index (χ4v) is 4.83. The van der Waals surface area contributed by atoms with Crippen molar-refractivity contribution >= 4 is 33.2 Å². The standard InChI is InChI=1S/C19H21ClN2O4S/c1-13-3-6-17(14(2)11-13)21-19(23)15-4-5-16(20)18(12-15)27(24,25)22-7-9-26-10-8-22/h3-6,11-12H,7-10H2,1-2H3,(H,21,23). The summed E-state index contributed by atoms with van der Waals surface area (Å²) < 4.78 is 32.3. The number of hydrogen-bond acceptors (Lipinski definition) is 4. The smallest absolute Gasteiger partial charge is 0.255 e. The van der Waals surface area contributed by atoms with Crippen LogP contribution < -0.4 is 5.32 Å². The van der Waals surface area contributed by atoms with Crippen molar-refractivity contribution in [3.8, 4) is 0 Å². The number of carbonyl (C=O) groups is 1. The maximum absolute atomic E-state index is 12.9. The summed E-state index contributed by atoms with van der Waals surface area (Å²) in [5.41, 5.74) is 2.93. The number of morpholine rings is 1. The van der Waals surface area contributed by atoms with E-state index in [0.29, 0.717) is 18.9 Å². The van der Waals surface area contributed by atoms with Crippen LogP contribution in [0.2, 0.25) is 5.02 Å². The minimum Gasteiger partial charge on any atom is -0.379 e. The largest absolute Gasteiger partial charge is 0.379 e. The van der Waals surface area contributed by atoms with Gasteiger partial charge in [0.25, 0.3) is 5.91 Å². The van der Waals surface area contributed by atoms with Crippen LogP contribution in [-0.2, 0) is 14.8 Å². The van der Waals surface area contributed by atoms with Gasteiger partial charge in [-0.1, -0.05) is 29.3 Å². The maximum Gasteiger partial charge on any atom is 0.255 e. The summed E-state index contributed by atoms with van der Waals surface area (Å²) in [6.45, 7) is 5.07. The Morgan fingerprint density at radius 3 is 2.48 bits per heavy atom. The second-order valence-electron chi connectivity index (χ2n) is 6.43. The molecule has 1 aliphatic rings. The summed E-state index contributed by atoms with van der Waals surface area (Å²) in [5, 5.41) is 2.91. The first-order chi connectivity index (χ1) is 12.8. The molecule has 27 heavy (non-hydrogen) atoms. The van der Waals surface area contributed by atoms with Crippen molar-refractivity contribution in [2.75, 3.05) is 31.6 Å². The lowest BCUT2D eigenvalue weighted by Gasteiger charge is -2.26. The number of sulfonamides is 1. The molecule has 1 amide bonds. The lowest BCUT2D eigenvalue weighted by atomic mass is 10.1. The normalized spacial score (nSPS) is 15.5. The number of carbonyl (C=O) groups excluding carboxylic acids is 1. The van der Waals surface area contributed by atoms with Crippen molar-refractivity contribution in [1.29, 1.82) is 0 Å². The molecule has 3 rings (SSSR count). The Bertz CT molecular complexity index is 970. The van der Waals surface area contributed by atoms with Crippen LogP contribution in [0.4, 0.5) is 5.69 Å². The molecule has 2 aromatic carbocycles. The first kappa shape index (κ1) is 19.8. The van der Waals surface area contributed by atoms with Crippen LogP contribution in [0.3, 0.4) is 0 Å². The molecule has 0 unspecified atom stereocenters. The van der Waals surface area contributed by atoms with Gasteiger partial charge in [0.15, 0.2) is 0 Å². The number of hydrogen-bond donors (Lipinski definition) is 1. The molecule has 1 aliphatic heterocycles. The van der Waals surface area contributed by atoms with Gasteiger partial charge in [-0.05, 0) is 43.7 Å². The Labute approximate surface area is 164 Å². The van der Waals surface area contributed by atoms with E-state index in [2.05, 4.69) is 5.32 Å². The van der Waals surface area contributed by atoms with E-state index in [1.54, 1.807) is 0 Å². The van der Waals surface area contributed by atoms with Crippen molar-refractivity contribution in [3.05, 3.63) is 58.1 Å². The summed E-state index contributed by atoms with van der Waals surface area (Å²) in [4.78, 5) is 12.6. The number of halogens is 1. The van der Waals surface area contributed by atoms with Gasteiger partial charge in [-0.15, -0.1) is 0 Å². The molecule has 1 N–H and O–H groups in total. The molecule has 0 saturated carbocycles. The van der Waals surface area contributed by atoms with E-state index in [1.807, 2.05) is 32.0 Å². The van der Waals surface area contributed by atoms with E-state index < -0.39 is 15.9 Å². The zero-order chi connectivity index (χ0) is 19.6. The zero-order valence-corrected chi connectivity index (χ0v) is 16.7. The van der Waals surface area contributed by atoms with Gasteiger partial charge in [0.05, 0.1) is 18.2 Å². The molecule has 0 radical (unpaired) electrons. The van der Waals surface area contributed by atoms with Gasteiger partial charge < -0.3 is 10.1 Å². The van der Waals surface area contributed by atoms with Crippen LogP contribution in [-0.4, -0.2) is 44.9 Å². The van der Waals surface area contributed by atoms with E-state index in [9.17, 15) is 13.2 Å². The molecule has 0 aromatic heterocycles. The van der Waals surface area contributed by atoms with Crippen LogP contribution in [0.15, 0.2) is 41.3 Å². The number of aryl methyl sites for hydroxylation is 2. The molecular weight excluding hydrogens is 388 g/mol. The Balaban J connectivity index is 1.89. The van der Waals surface area contributed by atoms with Gasteiger partial charge in [-0.25, -0.2) is 8.42 Å². The van der Waals surface area contributed by atoms with E-state index in [1.165, 1.54) is 22.5 Å². The highest BCUT2D eigenvalue weighted by Crippen LogP contribution is 2.27. The molecule has 0 atom stereocenters. The maximum atomic E-state index is 12.9. The molecule has 1 fully saturated rings. The fourth-order valence-electron chi connectivity index (χ4n) is 2.92. The number of anilines is 1. The average molecular weight is 409 g/mol. The molecule has 0 spiro atoms. The van der Waals surface area contributed by atoms with Crippen LogP contribution in [0, 0.1) is 13.8 Å². The van der Waals surface area contributed by atoms with Gasteiger partial charge in [0.1, 0.15) is 4.90 Å². The fraction of sp³-hybridized carbons (Fsp3) is 0.316. The second kappa shape index (κ2) is 7.98. The summed E-state index contributed by atoms with van der Waals surface area (Å²) in [5.74, 6) is -0.392. The highest BCUT2D eigenvalue weighted by Gasteiger charge is 2.29. The lowest BCUT2D eigenvalue weighted by Crippen LogP contribution is -2.40. The van der Waals surface area contributed by atoms with Gasteiger partial charge in [0.2, 0.25) is 10.0 Å². The number of rotatable bonds is 4. The molecule has 8 heteroatoms. The topological polar surface area (TPSA) is 75.7 Å². The van der Waals surface area contributed by atoms with Gasteiger partial charge in [0, 0.05) is 24.3 Å². The molecule has 1 saturated heterocycles. The molecule has 1 heterocycles. The van der Waals surface area contributed by atoms with Crippen molar-refractivity contribution in [3.63, 3.8) is 0 Å². The summed E-state index contributed by atoms with van der Waals surface area (Å²) in [6.07, 6.45) is 0. The Morgan fingerprint density at radius 2 is 1.81 bits per heavy atom. The molecule has 2 aromatic rings. The van der Waals surface area contributed by atoms with E-state index >= 15 is 0 Å². The molecule has 144 valence electrons. The second-order valence-corrected chi connectivity index (χ2v) is 8.75. The minimum absolute atomic E-state index is 0.0701. The third kappa shape index (κ3) is 4.32. The van der Waals surface area contributed by atoms with Gasteiger partial charge >= 0.3 is 0 Å². The van der Waals surface area contributed by atoms with Crippen LogP contribution in [0.25, 0.3) is 0 Å². The predicted molar refractivity (Wildman–Crippen MR) is 105 cm³/mol. The Morgan fingerprint density at radius 1 is 1.11 bits per heavy atom. The van der Waals surface area contributed by atoms with Crippen LogP contribution >= 0.6 is 11.6 Å². The quantitative estimate of drug-likeness (QED) is 0.842.